The summed E-state index contributed by atoms with van der Waals surface area (Å²) in [5, 5.41) is 0. The Morgan fingerprint density at radius 3 is 2.77 bits per heavy atom. The van der Waals surface area contributed by atoms with Crippen molar-refractivity contribution >= 4 is 5.91 Å². The van der Waals surface area contributed by atoms with E-state index in [0.29, 0.717) is 24.1 Å². The van der Waals surface area contributed by atoms with Crippen LogP contribution in [0.15, 0.2) is 18.3 Å². The molecule has 3 rings (SSSR count). The molecule has 3 heterocycles. The van der Waals surface area contributed by atoms with E-state index in [1.54, 1.807) is 12.3 Å². The lowest BCUT2D eigenvalue weighted by molar-refractivity contribution is 0.0607. The molecule has 2 aliphatic rings. The van der Waals surface area contributed by atoms with E-state index < -0.39 is 0 Å². The molecule has 1 aromatic rings. The largest absolute Gasteiger partial charge is 0.478 e. The van der Waals surface area contributed by atoms with Gasteiger partial charge in [-0.05, 0) is 51.8 Å². The Morgan fingerprint density at radius 1 is 1.27 bits per heavy atom. The van der Waals surface area contributed by atoms with Gasteiger partial charge in [0.1, 0.15) is 0 Å². The average molecular weight is 303 g/mol. The van der Waals surface area contributed by atoms with Crippen LogP contribution in [0, 0.1) is 0 Å². The van der Waals surface area contributed by atoms with Crippen LogP contribution in [0.25, 0.3) is 0 Å². The molecule has 5 heteroatoms. The number of amides is 1. The van der Waals surface area contributed by atoms with Crippen LogP contribution in [-0.2, 0) is 0 Å². The maximum atomic E-state index is 12.7. The molecule has 2 saturated heterocycles. The molecular formula is C17H25N3O2. The second-order valence-corrected chi connectivity index (χ2v) is 6.11. The number of pyridine rings is 1. The molecule has 1 atom stereocenters. The van der Waals surface area contributed by atoms with Gasteiger partial charge >= 0.3 is 0 Å². The minimum absolute atomic E-state index is 0.0967. The van der Waals surface area contributed by atoms with Gasteiger partial charge in [0.2, 0.25) is 5.88 Å². The highest BCUT2D eigenvalue weighted by Gasteiger charge is 2.29. The molecule has 0 radical (unpaired) electrons. The fourth-order valence-corrected chi connectivity index (χ4v) is 3.47. The van der Waals surface area contributed by atoms with Crippen molar-refractivity contribution in [2.45, 2.75) is 38.6 Å². The fourth-order valence-electron chi connectivity index (χ4n) is 3.47. The van der Waals surface area contributed by atoms with E-state index in [-0.39, 0.29) is 5.91 Å². The summed E-state index contributed by atoms with van der Waals surface area (Å²) >= 11 is 0. The van der Waals surface area contributed by atoms with Crippen LogP contribution in [0.3, 0.4) is 0 Å². The zero-order chi connectivity index (χ0) is 15.4. The average Bonchev–Trinajstić information content (AvgIpc) is 3.10. The quantitative estimate of drug-likeness (QED) is 0.855. The van der Waals surface area contributed by atoms with Crippen LogP contribution in [0.1, 0.15) is 43.0 Å². The molecule has 0 aromatic carbocycles. The summed E-state index contributed by atoms with van der Waals surface area (Å²) < 4.78 is 5.33. The molecule has 2 fully saturated rings. The lowest BCUT2D eigenvalue weighted by Gasteiger charge is -2.37. The van der Waals surface area contributed by atoms with Gasteiger partial charge in [0, 0.05) is 31.4 Å². The van der Waals surface area contributed by atoms with Crippen molar-refractivity contribution in [2.75, 3.05) is 32.8 Å². The third-order valence-corrected chi connectivity index (χ3v) is 4.62. The monoisotopic (exact) mass is 303 g/mol. The Hall–Kier alpha value is -1.62. The normalized spacial score (nSPS) is 22.8. The number of carbonyl (C=O) groups is 1. The Kier molecular flexibility index (Phi) is 4.93. The Labute approximate surface area is 132 Å². The van der Waals surface area contributed by atoms with Crippen LogP contribution in [0.5, 0.6) is 5.88 Å². The third-order valence-electron chi connectivity index (χ3n) is 4.62. The molecule has 0 N–H and O–H groups in total. The maximum absolute atomic E-state index is 12.7. The Balaban J connectivity index is 1.63. The zero-order valence-electron chi connectivity index (χ0n) is 13.3. The van der Waals surface area contributed by atoms with Gasteiger partial charge in [-0.25, -0.2) is 4.98 Å². The number of aromatic nitrogens is 1. The molecule has 0 spiro atoms. The summed E-state index contributed by atoms with van der Waals surface area (Å²) in [5.74, 6) is 0.673. The highest BCUT2D eigenvalue weighted by atomic mass is 16.5. The Morgan fingerprint density at radius 2 is 2.09 bits per heavy atom. The van der Waals surface area contributed by atoms with E-state index >= 15 is 0 Å². The smallest absolute Gasteiger partial charge is 0.255 e. The molecule has 120 valence electrons. The maximum Gasteiger partial charge on any atom is 0.255 e. The second-order valence-electron chi connectivity index (χ2n) is 6.11. The van der Waals surface area contributed by atoms with Gasteiger partial charge < -0.3 is 9.64 Å². The predicted molar refractivity (Wildman–Crippen MR) is 85.1 cm³/mol. The van der Waals surface area contributed by atoms with Crippen molar-refractivity contribution in [3.63, 3.8) is 0 Å². The molecule has 22 heavy (non-hydrogen) atoms. The van der Waals surface area contributed by atoms with E-state index in [1.807, 2.05) is 17.9 Å². The summed E-state index contributed by atoms with van der Waals surface area (Å²) in [7, 11) is 0. The number of hydrogen-bond donors (Lipinski definition) is 0. The highest BCUT2D eigenvalue weighted by Crippen LogP contribution is 2.22. The van der Waals surface area contributed by atoms with Gasteiger partial charge in [-0.3, -0.25) is 9.69 Å². The fraction of sp³-hybridized carbons (Fsp3) is 0.647. The van der Waals surface area contributed by atoms with Crippen molar-refractivity contribution in [2.24, 2.45) is 0 Å². The summed E-state index contributed by atoms with van der Waals surface area (Å²) in [6.45, 7) is 6.61. The molecule has 1 aromatic heterocycles. The number of nitrogens with zero attached hydrogens (tertiary/aromatic N) is 3. The number of hydrogen-bond acceptors (Lipinski definition) is 4. The summed E-state index contributed by atoms with van der Waals surface area (Å²) in [4.78, 5) is 21.4. The lowest BCUT2D eigenvalue weighted by atomic mass is 10.0. The molecule has 1 amide bonds. The molecule has 5 nitrogen and oxygen atoms in total. The van der Waals surface area contributed by atoms with Crippen molar-refractivity contribution < 1.29 is 9.53 Å². The van der Waals surface area contributed by atoms with Crippen LogP contribution in [0.4, 0.5) is 0 Å². The van der Waals surface area contributed by atoms with Crippen molar-refractivity contribution in [3.8, 4) is 5.88 Å². The SMILES string of the molecule is CCOc1ccc(C(=O)N2CCCC(N3CCCC3)C2)cn1. The number of piperidine rings is 1. The topological polar surface area (TPSA) is 45.7 Å². The van der Waals surface area contributed by atoms with Gasteiger partial charge in [-0.15, -0.1) is 0 Å². The van der Waals surface area contributed by atoms with Gasteiger partial charge in [0.05, 0.1) is 12.2 Å². The summed E-state index contributed by atoms with van der Waals surface area (Å²) in [6.07, 6.45) is 6.54. The lowest BCUT2D eigenvalue weighted by Crippen LogP contribution is -2.49. The van der Waals surface area contributed by atoms with Gasteiger partial charge in [-0.1, -0.05) is 0 Å². The van der Waals surface area contributed by atoms with Gasteiger partial charge in [0.25, 0.3) is 5.91 Å². The number of likely N-dealkylation sites (tertiary alicyclic amines) is 2. The number of rotatable bonds is 4. The van der Waals surface area contributed by atoms with Crippen LogP contribution in [0.2, 0.25) is 0 Å². The van der Waals surface area contributed by atoms with E-state index in [0.717, 1.165) is 19.5 Å². The first-order valence-electron chi connectivity index (χ1n) is 8.40. The Bertz CT molecular complexity index is 497. The first-order valence-corrected chi connectivity index (χ1v) is 8.40. The second kappa shape index (κ2) is 7.09. The molecule has 0 bridgehead atoms. The van der Waals surface area contributed by atoms with E-state index in [2.05, 4.69) is 9.88 Å². The van der Waals surface area contributed by atoms with Gasteiger partial charge in [0.15, 0.2) is 0 Å². The van der Waals surface area contributed by atoms with Crippen LogP contribution < -0.4 is 4.74 Å². The molecule has 0 aliphatic carbocycles. The van der Waals surface area contributed by atoms with Crippen molar-refractivity contribution in [3.05, 3.63) is 23.9 Å². The van der Waals surface area contributed by atoms with Crippen molar-refractivity contribution in [1.29, 1.82) is 0 Å². The first-order chi connectivity index (χ1) is 10.8. The predicted octanol–water partition coefficient (Wildman–Crippen LogP) is 2.18. The zero-order valence-corrected chi connectivity index (χ0v) is 13.3. The standard InChI is InChI=1S/C17H25N3O2/c1-2-22-16-8-7-14(12-18-16)17(21)20-11-5-6-15(13-20)19-9-3-4-10-19/h7-8,12,15H,2-6,9-11,13H2,1H3. The molecular weight excluding hydrogens is 278 g/mol. The van der Waals surface area contributed by atoms with Gasteiger partial charge in [-0.2, -0.15) is 0 Å². The van der Waals surface area contributed by atoms with E-state index in [1.165, 1.54) is 32.4 Å². The van der Waals surface area contributed by atoms with Crippen molar-refractivity contribution in [1.82, 2.24) is 14.8 Å². The number of carbonyl (C=O) groups excluding carboxylic acids is 1. The first kappa shape index (κ1) is 15.3. The minimum atomic E-state index is 0.0967. The van der Waals surface area contributed by atoms with Crippen LogP contribution in [-0.4, -0.2) is 59.5 Å². The van der Waals surface area contributed by atoms with E-state index in [9.17, 15) is 4.79 Å². The summed E-state index contributed by atoms with van der Waals surface area (Å²) in [5.41, 5.74) is 0.658. The summed E-state index contributed by atoms with van der Waals surface area (Å²) in [6, 6.07) is 4.13. The van der Waals surface area contributed by atoms with Crippen LogP contribution >= 0.6 is 0 Å². The molecule has 2 aliphatic heterocycles. The minimum Gasteiger partial charge on any atom is -0.478 e. The van der Waals surface area contributed by atoms with E-state index in [4.69, 9.17) is 4.74 Å². The highest BCUT2D eigenvalue weighted by molar-refractivity contribution is 5.94. The molecule has 1 unspecified atom stereocenters. The third kappa shape index (κ3) is 3.40. The molecule has 0 saturated carbocycles. The number of ether oxygens (including phenoxy) is 1.